The van der Waals surface area contributed by atoms with Gasteiger partial charge < -0.3 is 10.5 Å². The van der Waals surface area contributed by atoms with Gasteiger partial charge in [0.05, 0.1) is 27.9 Å². The van der Waals surface area contributed by atoms with Gasteiger partial charge in [0.15, 0.2) is 5.78 Å². The van der Waals surface area contributed by atoms with Gasteiger partial charge >= 0.3 is 0 Å². The number of ether oxygens (including phenoxy) is 1. The zero-order chi connectivity index (χ0) is 15.1. The second kappa shape index (κ2) is 5.41. The summed E-state index contributed by atoms with van der Waals surface area (Å²) >= 11 is 18.0. The van der Waals surface area contributed by atoms with E-state index in [1.54, 1.807) is 6.07 Å². The monoisotopic (exact) mass is 341 g/mol. The van der Waals surface area contributed by atoms with E-state index in [1.165, 1.54) is 12.1 Å². The number of carbonyl (C=O) groups is 1. The van der Waals surface area contributed by atoms with Crippen LogP contribution in [0.15, 0.2) is 24.3 Å². The Balaban J connectivity index is 2.12. The van der Waals surface area contributed by atoms with E-state index in [-0.39, 0.29) is 21.5 Å². The molecule has 3 nitrogen and oxygen atoms in total. The van der Waals surface area contributed by atoms with Crippen molar-refractivity contribution in [2.24, 2.45) is 0 Å². The molecular weight excluding hydrogens is 333 g/mol. The van der Waals surface area contributed by atoms with Crippen LogP contribution in [0.4, 0.5) is 5.69 Å². The zero-order valence-electron chi connectivity index (χ0n) is 10.8. The topological polar surface area (TPSA) is 52.3 Å². The van der Waals surface area contributed by atoms with Crippen LogP contribution in [-0.4, -0.2) is 12.4 Å². The Kier molecular flexibility index (Phi) is 3.74. The fourth-order valence-electron chi connectivity index (χ4n) is 2.33. The van der Waals surface area contributed by atoms with Gasteiger partial charge in [-0.2, -0.15) is 0 Å². The van der Waals surface area contributed by atoms with Gasteiger partial charge in [-0.1, -0.05) is 34.8 Å². The Labute approximate surface area is 136 Å². The van der Waals surface area contributed by atoms with Gasteiger partial charge in [0.1, 0.15) is 5.75 Å². The second-order valence-electron chi connectivity index (χ2n) is 4.73. The highest BCUT2D eigenvalue weighted by Gasteiger charge is 2.23. The second-order valence-corrected chi connectivity index (χ2v) is 5.95. The van der Waals surface area contributed by atoms with E-state index in [9.17, 15) is 4.79 Å². The van der Waals surface area contributed by atoms with Crippen molar-refractivity contribution in [3.8, 4) is 5.75 Å². The lowest BCUT2D eigenvalue weighted by Gasteiger charge is -2.10. The number of hydrogen-bond acceptors (Lipinski definition) is 3. The molecule has 0 aromatic heterocycles. The molecule has 1 aliphatic heterocycles. The van der Waals surface area contributed by atoms with E-state index in [2.05, 4.69) is 0 Å². The third-order valence-corrected chi connectivity index (χ3v) is 4.35. The minimum atomic E-state index is -0.249. The number of benzene rings is 2. The van der Waals surface area contributed by atoms with Crippen LogP contribution < -0.4 is 10.5 Å². The Morgan fingerprint density at radius 2 is 1.90 bits per heavy atom. The smallest absolute Gasteiger partial charge is 0.196 e. The molecule has 0 bridgehead atoms. The van der Waals surface area contributed by atoms with Gasteiger partial charge in [-0.15, -0.1) is 0 Å². The molecule has 0 amide bonds. The van der Waals surface area contributed by atoms with Crippen LogP contribution in [0.1, 0.15) is 21.5 Å². The van der Waals surface area contributed by atoms with Crippen LogP contribution in [0, 0.1) is 0 Å². The summed E-state index contributed by atoms with van der Waals surface area (Å²) in [4.78, 5) is 12.7. The molecule has 2 N–H and O–H groups in total. The minimum Gasteiger partial charge on any atom is -0.492 e. The number of anilines is 1. The Bertz CT molecular complexity index is 736. The van der Waals surface area contributed by atoms with Crippen molar-refractivity contribution in [1.29, 1.82) is 0 Å². The van der Waals surface area contributed by atoms with Gasteiger partial charge in [-0.25, -0.2) is 0 Å². The van der Waals surface area contributed by atoms with Crippen LogP contribution in [0.25, 0.3) is 0 Å². The normalized spacial score (nSPS) is 12.9. The van der Waals surface area contributed by atoms with E-state index in [1.807, 2.05) is 6.07 Å². The standard InChI is InChI=1S/C15H10Cl3NO2/c16-9-3-7-1-2-21-15(7)10(6-9)14(20)8-4-11(17)13(18)12(19)5-8/h3-6H,1-2,19H2. The maximum Gasteiger partial charge on any atom is 0.196 e. The first-order valence-corrected chi connectivity index (χ1v) is 7.35. The maximum atomic E-state index is 12.7. The third kappa shape index (κ3) is 2.57. The van der Waals surface area contributed by atoms with E-state index >= 15 is 0 Å². The van der Waals surface area contributed by atoms with Crippen molar-refractivity contribution < 1.29 is 9.53 Å². The molecule has 0 fully saturated rings. The molecule has 3 rings (SSSR count). The summed E-state index contributed by atoms with van der Waals surface area (Å²) in [6.45, 7) is 0.541. The van der Waals surface area contributed by atoms with Gasteiger partial charge in [0.2, 0.25) is 0 Å². The molecule has 0 saturated carbocycles. The van der Waals surface area contributed by atoms with Gasteiger partial charge in [0.25, 0.3) is 0 Å². The fraction of sp³-hybridized carbons (Fsp3) is 0.133. The fourth-order valence-corrected chi connectivity index (χ4v) is 2.91. The Hall–Kier alpha value is -1.42. The highest BCUT2D eigenvalue weighted by Crippen LogP contribution is 2.36. The Morgan fingerprint density at radius 1 is 1.14 bits per heavy atom. The first kappa shape index (κ1) is 14.5. The molecule has 0 spiro atoms. The van der Waals surface area contributed by atoms with E-state index in [0.717, 1.165) is 12.0 Å². The summed E-state index contributed by atoms with van der Waals surface area (Å²) in [7, 11) is 0. The molecule has 0 atom stereocenters. The molecule has 6 heteroatoms. The van der Waals surface area contributed by atoms with Gasteiger partial charge in [-0.05, 0) is 29.8 Å². The molecule has 108 valence electrons. The van der Waals surface area contributed by atoms with Crippen LogP contribution in [0.2, 0.25) is 15.1 Å². The number of ketones is 1. The molecule has 0 aliphatic carbocycles. The molecule has 0 radical (unpaired) electrons. The molecule has 1 heterocycles. The first-order chi connectivity index (χ1) is 9.97. The third-order valence-electron chi connectivity index (χ3n) is 3.31. The lowest BCUT2D eigenvalue weighted by Crippen LogP contribution is -2.05. The lowest BCUT2D eigenvalue weighted by atomic mass is 9.99. The molecule has 0 saturated heterocycles. The van der Waals surface area contributed by atoms with Crippen LogP contribution in [-0.2, 0) is 6.42 Å². The number of halogens is 3. The van der Waals surface area contributed by atoms with Gasteiger partial charge in [-0.3, -0.25) is 4.79 Å². The summed E-state index contributed by atoms with van der Waals surface area (Å²) in [5, 5.41) is 0.969. The largest absolute Gasteiger partial charge is 0.492 e. The van der Waals surface area contributed by atoms with Crippen molar-refractivity contribution in [2.75, 3.05) is 12.3 Å². The lowest BCUT2D eigenvalue weighted by molar-refractivity contribution is 0.103. The molecule has 21 heavy (non-hydrogen) atoms. The predicted molar refractivity (Wildman–Crippen MR) is 85.0 cm³/mol. The number of hydrogen-bond donors (Lipinski definition) is 1. The SMILES string of the molecule is Nc1cc(C(=O)c2cc(Cl)cc3c2OCC3)cc(Cl)c1Cl. The average molecular weight is 343 g/mol. The van der Waals surface area contributed by atoms with Crippen molar-refractivity contribution >= 4 is 46.3 Å². The van der Waals surface area contributed by atoms with Crippen LogP contribution >= 0.6 is 34.8 Å². The minimum absolute atomic E-state index is 0.236. The van der Waals surface area contributed by atoms with Crippen LogP contribution in [0.5, 0.6) is 5.75 Å². The number of rotatable bonds is 2. The first-order valence-electron chi connectivity index (χ1n) is 6.22. The number of nitrogen functional groups attached to an aromatic ring is 1. The number of carbonyl (C=O) groups excluding carboxylic acids is 1. The summed E-state index contributed by atoms with van der Waals surface area (Å²) in [5.74, 6) is 0.329. The highest BCUT2D eigenvalue weighted by molar-refractivity contribution is 6.44. The Morgan fingerprint density at radius 3 is 2.62 bits per heavy atom. The number of nitrogens with two attached hydrogens (primary N) is 1. The summed E-state index contributed by atoms with van der Waals surface area (Å²) < 4.78 is 5.54. The van der Waals surface area contributed by atoms with Gasteiger partial charge in [0, 0.05) is 17.0 Å². The van der Waals surface area contributed by atoms with E-state index in [0.29, 0.717) is 28.5 Å². The summed E-state index contributed by atoms with van der Waals surface area (Å²) in [6.07, 6.45) is 0.736. The molecule has 2 aromatic carbocycles. The molecule has 2 aromatic rings. The summed E-state index contributed by atoms with van der Waals surface area (Å²) in [6, 6.07) is 6.39. The van der Waals surface area contributed by atoms with E-state index in [4.69, 9.17) is 45.3 Å². The van der Waals surface area contributed by atoms with Crippen molar-refractivity contribution in [3.05, 3.63) is 56.0 Å². The maximum absolute atomic E-state index is 12.7. The average Bonchev–Trinajstić information content (AvgIpc) is 2.90. The van der Waals surface area contributed by atoms with Crippen LogP contribution in [0.3, 0.4) is 0 Å². The number of fused-ring (bicyclic) bond motifs is 1. The summed E-state index contributed by atoms with van der Waals surface area (Å²) in [5.41, 5.74) is 7.70. The highest BCUT2D eigenvalue weighted by atomic mass is 35.5. The molecule has 1 aliphatic rings. The predicted octanol–water partition coefficient (Wildman–Crippen LogP) is 4.39. The van der Waals surface area contributed by atoms with E-state index < -0.39 is 0 Å². The molecule has 0 unspecified atom stereocenters. The van der Waals surface area contributed by atoms with Crippen molar-refractivity contribution in [3.63, 3.8) is 0 Å². The zero-order valence-corrected chi connectivity index (χ0v) is 13.0. The van der Waals surface area contributed by atoms with Crippen molar-refractivity contribution in [1.82, 2.24) is 0 Å². The van der Waals surface area contributed by atoms with Crippen molar-refractivity contribution in [2.45, 2.75) is 6.42 Å². The molecular formula is C15H10Cl3NO2. The quantitative estimate of drug-likeness (QED) is 0.650.